The van der Waals surface area contributed by atoms with E-state index in [1.807, 2.05) is 0 Å². The lowest BCUT2D eigenvalue weighted by Gasteiger charge is -2.39. The lowest BCUT2D eigenvalue weighted by atomic mass is 9.93. The lowest BCUT2D eigenvalue weighted by Crippen LogP contribution is -2.47. The number of allylic oxidation sites excluding steroid dienone is 1. The summed E-state index contributed by atoms with van der Waals surface area (Å²) in [6.45, 7) is 1.71. The Hall–Kier alpha value is -2.81. The SMILES string of the molecule is COC(=O)C1=C(C)N(C)C(=O)N(C)C1c1cccc(C#N)c1. The summed E-state index contributed by atoms with van der Waals surface area (Å²) in [5, 5.41) is 9.05. The van der Waals surface area contributed by atoms with Crippen molar-refractivity contribution >= 4 is 12.0 Å². The van der Waals surface area contributed by atoms with Gasteiger partial charge in [0.15, 0.2) is 0 Å². The third-order valence-corrected chi connectivity index (χ3v) is 3.88. The number of methoxy groups -OCH3 is 1. The van der Waals surface area contributed by atoms with Crippen molar-refractivity contribution in [2.45, 2.75) is 13.0 Å². The zero-order chi connectivity index (χ0) is 16.4. The molecular weight excluding hydrogens is 282 g/mol. The van der Waals surface area contributed by atoms with Crippen molar-refractivity contribution in [3.8, 4) is 6.07 Å². The predicted molar refractivity (Wildman–Crippen MR) is 79.5 cm³/mol. The first-order valence-electron chi connectivity index (χ1n) is 6.72. The molecule has 0 aromatic heterocycles. The predicted octanol–water partition coefficient (Wildman–Crippen LogP) is 2.04. The van der Waals surface area contributed by atoms with Gasteiger partial charge < -0.3 is 14.5 Å². The topological polar surface area (TPSA) is 73.6 Å². The second-order valence-electron chi connectivity index (χ2n) is 5.08. The monoisotopic (exact) mass is 299 g/mol. The van der Waals surface area contributed by atoms with E-state index < -0.39 is 12.0 Å². The van der Waals surface area contributed by atoms with Crippen LogP contribution in [0.15, 0.2) is 35.5 Å². The highest BCUT2D eigenvalue weighted by Crippen LogP contribution is 2.36. The van der Waals surface area contributed by atoms with Crippen LogP contribution in [0.25, 0.3) is 0 Å². The van der Waals surface area contributed by atoms with Crippen LogP contribution in [0.2, 0.25) is 0 Å². The maximum Gasteiger partial charge on any atom is 0.337 e. The van der Waals surface area contributed by atoms with Gasteiger partial charge in [-0.3, -0.25) is 0 Å². The number of carbonyl (C=O) groups is 2. The van der Waals surface area contributed by atoms with Gasteiger partial charge in [-0.1, -0.05) is 12.1 Å². The summed E-state index contributed by atoms with van der Waals surface area (Å²) in [6, 6.07) is 8.13. The molecule has 1 aliphatic rings. The van der Waals surface area contributed by atoms with Crippen LogP contribution in [0.5, 0.6) is 0 Å². The molecule has 1 aromatic rings. The minimum atomic E-state index is -0.579. The molecule has 0 fully saturated rings. The van der Waals surface area contributed by atoms with E-state index in [0.717, 1.165) is 0 Å². The van der Waals surface area contributed by atoms with E-state index in [4.69, 9.17) is 10.00 Å². The van der Waals surface area contributed by atoms with Gasteiger partial charge in [-0.05, 0) is 24.6 Å². The summed E-state index contributed by atoms with van der Waals surface area (Å²) in [5.74, 6) is -0.490. The third-order valence-electron chi connectivity index (χ3n) is 3.88. The van der Waals surface area contributed by atoms with Crippen LogP contribution in [-0.4, -0.2) is 43.0 Å². The van der Waals surface area contributed by atoms with Crippen LogP contribution in [0.3, 0.4) is 0 Å². The molecule has 1 aromatic carbocycles. The number of carbonyl (C=O) groups excluding carboxylic acids is 2. The lowest BCUT2D eigenvalue weighted by molar-refractivity contribution is -0.137. The molecule has 0 N–H and O–H groups in total. The van der Waals surface area contributed by atoms with E-state index in [2.05, 4.69) is 6.07 Å². The van der Waals surface area contributed by atoms with Crippen molar-refractivity contribution in [3.05, 3.63) is 46.7 Å². The van der Waals surface area contributed by atoms with E-state index in [9.17, 15) is 9.59 Å². The molecule has 1 unspecified atom stereocenters. The van der Waals surface area contributed by atoms with Crippen LogP contribution in [0, 0.1) is 11.3 Å². The Morgan fingerprint density at radius 1 is 1.36 bits per heavy atom. The van der Waals surface area contributed by atoms with Gasteiger partial charge in [0.1, 0.15) is 0 Å². The molecule has 0 saturated carbocycles. The summed E-state index contributed by atoms with van der Waals surface area (Å²) in [6.07, 6.45) is 0. The number of hydrogen-bond acceptors (Lipinski definition) is 4. The van der Waals surface area contributed by atoms with Crippen LogP contribution in [-0.2, 0) is 9.53 Å². The number of likely N-dealkylation sites (N-methyl/N-ethyl adjacent to an activating group) is 1. The van der Waals surface area contributed by atoms with Gasteiger partial charge in [-0.2, -0.15) is 5.26 Å². The van der Waals surface area contributed by atoms with Gasteiger partial charge in [-0.25, -0.2) is 9.59 Å². The van der Waals surface area contributed by atoms with Crippen LogP contribution >= 0.6 is 0 Å². The Balaban J connectivity index is 2.65. The van der Waals surface area contributed by atoms with Crippen molar-refractivity contribution in [2.24, 2.45) is 0 Å². The van der Waals surface area contributed by atoms with E-state index in [1.165, 1.54) is 16.9 Å². The van der Waals surface area contributed by atoms with Crippen molar-refractivity contribution in [3.63, 3.8) is 0 Å². The molecule has 1 heterocycles. The first kappa shape index (κ1) is 15.6. The molecular formula is C16H17N3O3. The van der Waals surface area contributed by atoms with Crippen molar-refractivity contribution in [1.82, 2.24) is 9.80 Å². The summed E-state index contributed by atoms with van der Waals surface area (Å²) >= 11 is 0. The molecule has 1 atom stereocenters. The molecule has 0 aliphatic carbocycles. The second kappa shape index (κ2) is 5.90. The quantitative estimate of drug-likeness (QED) is 0.783. The Morgan fingerprint density at radius 2 is 2.05 bits per heavy atom. The number of nitriles is 1. The average Bonchev–Trinajstić information content (AvgIpc) is 2.55. The Labute approximate surface area is 129 Å². The fourth-order valence-electron chi connectivity index (χ4n) is 2.60. The van der Waals surface area contributed by atoms with Crippen molar-refractivity contribution < 1.29 is 14.3 Å². The highest BCUT2D eigenvalue weighted by atomic mass is 16.5. The first-order valence-corrected chi connectivity index (χ1v) is 6.72. The van der Waals surface area contributed by atoms with Gasteiger partial charge in [0.05, 0.1) is 30.4 Å². The molecule has 1 aliphatic heterocycles. The summed E-state index contributed by atoms with van der Waals surface area (Å²) < 4.78 is 4.87. The van der Waals surface area contributed by atoms with E-state index in [1.54, 1.807) is 45.3 Å². The van der Waals surface area contributed by atoms with Gasteiger partial charge in [0.25, 0.3) is 0 Å². The maximum absolute atomic E-state index is 12.3. The number of urea groups is 1. The zero-order valence-electron chi connectivity index (χ0n) is 13.0. The van der Waals surface area contributed by atoms with E-state index in [-0.39, 0.29) is 6.03 Å². The summed E-state index contributed by atoms with van der Waals surface area (Å²) in [4.78, 5) is 27.4. The second-order valence-corrected chi connectivity index (χ2v) is 5.08. The minimum Gasteiger partial charge on any atom is -0.466 e. The van der Waals surface area contributed by atoms with E-state index in [0.29, 0.717) is 22.4 Å². The number of hydrogen-bond donors (Lipinski definition) is 0. The zero-order valence-corrected chi connectivity index (χ0v) is 13.0. The van der Waals surface area contributed by atoms with Gasteiger partial charge in [-0.15, -0.1) is 0 Å². The molecule has 22 heavy (non-hydrogen) atoms. The largest absolute Gasteiger partial charge is 0.466 e. The van der Waals surface area contributed by atoms with Crippen LogP contribution < -0.4 is 0 Å². The summed E-state index contributed by atoms with van der Waals surface area (Å²) in [7, 11) is 4.54. The molecule has 2 amide bonds. The molecule has 114 valence electrons. The molecule has 0 bridgehead atoms. The Kier molecular flexibility index (Phi) is 4.18. The highest BCUT2D eigenvalue weighted by Gasteiger charge is 2.38. The molecule has 6 heteroatoms. The number of esters is 1. The molecule has 6 nitrogen and oxygen atoms in total. The normalized spacial score (nSPS) is 18.3. The minimum absolute atomic E-state index is 0.225. The van der Waals surface area contributed by atoms with Crippen molar-refractivity contribution in [2.75, 3.05) is 21.2 Å². The van der Waals surface area contributed by atoms with Crippen LogP contribution in [0.4, 0.5) is 4.79 Å². The average molecular weight is 299 g/mol. The summed E-state index contributed by atoms with van der Waals surface area (Å²) in [5.41, 5.74) is 2.10. The fraction of sp³-hybridized carbons (Fsp3) is 0.312. The molecule has 0 radical (unpaired) electrons. The third kappa shape index (κ3) is 2.42. The van der Waals surface area contributed by atoms with Crippen molar-refractivity contribution in [1.29, 1.82) is 5.26 Å². The smallest absolute Gasteiger partial charge is 0.337 e. The molecule has 0 spiro atoms. The number of amides is 2. The highest BCUT2D eigenvalue weighted by molar-refractivity contribution is 5.94. The maximum atomic E-state index is 12.3. The number of rotatable bonds is 2. The first-order chi connectivity index (χ1) is 10.4. The van der Waals surface area contributed by atoms with Gasteiger partial charge in [0.2, 0.25) is 0 Å². The number of nitrogens with zero attached hydrogens (tertiary/aromatic N) is 3. The molecule has 0 saturated heterocycles. The Bertz CT molecular complexity index is 703. The number of benzene rings is 1. The van der Waals surface area contributed by atoms with Gasteiger partial charge >= 0.3 is 12.0 Å². The standard InChI is InChI=1S/C16H17N3O3/c1-10-13(15(20)22-4)14(19(3)16(21)18(10)2)12-7-5-6-11(8-12)9-17/h5-8,14H,1-4H3. The fourth-order valence-corrected chi connectivity index (χ4v) is 2.60. The number of ether oxygens (including phenoxy) is 1. The van der Waals surface area contributed by atoms with Gasteiger partial charge in [0, 0.05) is 19.8 Å². The Morgan fingerprint density at radius 3 is 2.64 bits per heavy atom. The van der Waals surface area contributed by atoms with E-state index >= 15 is 0 Å². The van der Waals surface area contributed by atoms with Crippen LogP contribution in [0.1, 0.15) is 24.1 Å². The molecule has 2 rings (SSSR count).